The van der Waals surface area contributed by atoms with E-state index in [1.807, 2.05) is 6.07 Å². The number of aromatic carboxylic acids is 1. The summed E-state index contributed by atoms with van der Waals surface area (Å²) < 4.78 is 1.53. The molecule has 6 nitrogen and oxygen atoms in total. The Morgan fingerprint density at radius 2 is 1.57 bits per heavy atom. The van der Waals surface area contributed by atoms with Crippen molar-refractivity contribution < 1.29 is 14.7 Å². The number of benzene rings is 1. The second kappa shape index (κ2) is 8.26. The van der Waals surface area contributed by atoms with Crippen LogP contribution >= 0.6 is 0 Å². The van der Waals surface area contributed by atoms with Crippen LogP contribution in [0.5, 0.6) is 0 Å². The summed E-state index contributed by atoms with van der Waals surface area (Å²) in [5, 5.41) is 15.3. The molecule has 0 bridgehead atoms. The van der Waals surface area contributed by atoms with Crippen LogP contribution in [0.4, 0.5) is 0 Å². The lowest BCUT2D eigenvalue weighted by Crippen LogP contribution is -2.39. The first kappa shape index (κ1) is 16.9. The number of carboxylic acid groups (broad SMARTS) is 1. The number of hydrogen-bond acceptors (Lipinski definition) is 4. The Morgan fingerprint density at radius 1 is 1.00 bits per heavy atom. The highest BCUT2D eigenvalue weighted by Crippen LogP contribution is 2.13. The fourth-order valence-corrected chi connectivity index (χ4v) is 2.25. The molecule has 0 atom stereocenters. The van der Waals surface area contributed by atoms with E-state index in [2.05, 4.69) is 10.6 Å². The Hall–Kier alpha value is -2.44. The molecule has 1 fully saturated rings. The highest BCUT2D eigenvalue weighted by atomic mass is 16.4. The van der Waals surface area contributed by atoms with E-state index >= 15 is 0 Å². The normalized spacial score (nSPS) is 13.8. The third-order valence-electron chi connectivity index (χ3n) is 3.48. The molecule has 0 aliphatic carbocycles. The molecule has 3 rings (SSSR count). The summed E-state index contributed by atoms with van der Waals surface area (Å²) in [5.74, 6) is -1.21. The van der Waals surface area contributed by atoms with Gasteiger partial charge in [-0.2, -0.15) is 0 Å². The van der Waals surface area contributed by atoms with Gasteiger partial charge in [0.25, 0.3) is 0 Å². The number of rotatable bonds is 3. The average Bonchev–Trinajstić information content (AvgIpc) is 2.99. The lowest BCUT2D eigenvalue weighted by atomic mass is 10.1. The van der Waals surface area contributed by atoms with Gasteiger partial charge in [-0.25, -0.2) is 4.79 Å². The molecule has 1 aromatic carbocycles. The van der Waals surface area contributed by atoms with Gasteiger partial charge in [-0.3, -0.25) is 4.79 Å². The smallest absolute Gasteiger partial charge is 0.337 e. The number of carbonyl (C=O) groups excluding carboxylic acids is 1. The Kier molecular flexibility index (Phi) is 6.08. The topological polar surface area (TPSA) is 83.4 Å². The van der Waals surface area contributed by atoms with Crippen LogP contribution in [0.2, 0.25) is 0 Å². The van der Waals surface area contributed by atoms with Gasteiger partial charge in [-0.1, -0.05) is 30.3 Å². The lowest BCUT2D eigenvalue weighted by Gasteiger charge is -2.11. The Morgan fingerprint density at radius 3 is 2.00 bits per heavy atom. The summed E-state index contributed by atoms with van der Waals surface area (Å²) in [5.41, 5.74) is 1.03. The van der Waals surface area contributed by atoms with Crippen molar-refractivity contribution in [3.63, 3.8) is 0 Å². The van der Waals surface area contributed by atoms with Crippen LogP contribution in [-0.2, 0) is 7.05 Å². The molecule has 2 aromatic rings. The first-order chi connectivity index (χ1) is 11.1. The average molecular weight is 315 g/mol. The second-order valence-corrected chi connectivity index (χ2v) is 5.23. The molecular weight excluding hydrogens is 294 g/mol. The predicted octanol–water partition coefficient (Wildman–Crippen LogP) is 1.13. The zero-order valence-corrected chi connectivity index (χ0v) is 13.1. The van der Waals surface area contributed by atoms with Crippen molar-refractivity contribution in [1.82, 2.24) is 15.2 Å². The highest BCUT2D eigenvalue weighted by Gasteiger charge is 2.16. The minimum atomic E-state index is -1.03. The third-order valence-corrected chi connectivity index (χ3v) is 3.48. The van der Waals surface area contributed by atoms with E-state index in [-0.39, 0.29) is 11.3 Å². The van der Waals surface area contributed by atoms with Crippen LogP contribution in [0.1, 0.15) is 26.4 Å². The molecule has 1 aliphatic rings. The molecule has 3 N–H and O–H groups in total. The van der Waals surface area contributed by atoms with Crippen molar-refractivity contribution in [3.8, 4) is 0 Å². The third kappa shape index (κ3) is 4.77. The summed E-state index contributed by atoms with van der Waals surface area (Å²) >= 11 is 0. The molecule has 0 amide bonds. The van der Waals surface area contributed by atoms with Gasteiger partial charge in [0.15, 0.2) is 0 Å². The van der Waals surface area contributed by atoms with Crippen LogP contribution in [0, 0.1) is 0 Å². The van der Waals surface area contributed by atoms with E-state index in [9.17, 15) is 9.59 Å². The number of piperazine rings is 1. The quantitative estimate of drug-likeness (QED) is 0.740. The van der Waals surface area contributed by atoms with Gasteiger partial charge in [0.1, 0.15) is 0 Å². The SMILES string of the molecule is C1CNCCN1.Cn1cc(C(=O)O)cc1C(=O)c1ccccc1. The van der Waals surface area contributed by atoms with E-state index < -0.39 is 5.97 Å². The molecule has 1 saturated heterocycles. The van der Waals surface area contributed by atoms with Crippen molar-refractivity contribution in [3.05, 3.63) is 59.4 Å². The Balaban J connectivity index is 0.000000268. The van der Waals surface area contributed by atoms with Gasteiger partial charge >= 0.3 is 5.97 Å². The Bertz CT molecular complexity index is 649. The number of aromatic nitrogens is 1. The fraction of sp³-hybridized carbons (Fsp3) is 0.294. The Labute approximate surface area is 135 Å². The number of ketones is 1. The summed E-state index contributed by atoms with van der Waals surface area (Å²) in [6.45, 7) is 4.56. The number of nitrogens with one attached hydrogen (secondary N) is 2. The number of nitrogens with zero attached hydrogens (tertiary/aromatic N) is 1. The number of carbonyl (C=O) groups is 2. The highest BCUT2D eigenvalue weighted by molar-refractivity contribution is 6.09. The molecule has 1 aliphatic heterocycles. The molecule has 0 radical (unpaired) electrons. The first-order valence-electron chi connectivity index (χ1n) is 7.50. The number of hydrogen-bond donors (Lipinski definition) is 3. The van der Waals surface area contributed by atoms with Crippen LogP contribution in [0.25, 0.3) is 0 Å². The van der Waals surface area contributed by atoms with Gasteiger partial charge in [0.05, 0.1) is 11.3 Å². The standard InChI is InChI=1S/C13H11NO3.C4H10N2/c1-14-8-10(13(16)17)7-11(14)12(15)9-5-3-2-4-6-9;1-2-6-4-3-5-1/h2-8H,1H3,(H,16,17);5-6H,1-4H2. The molecular formula is C17H21N3O3. The van der Waals surface area contributed by atoms with Crippen molar-refractivity contribution >= 4 is 11.8 Å². The lowest BCUT2D eigenvalue weighted by molar-refractivity contribution is 0.0697. The zero-order valence-electron chi connectivity index (χ0n) is 13.1. The molecule has 122 valence electrons. The van der Waals surface area contributed by atoms with Crippen LogP contribution in [-0.4, -0.2) is 47.6 Å². The molecule has 1 aromatic heterocycles. The largest absolute Gasteiger partial charge is 0.478 e. The first-order valence-corrected chi connectivity index (χ1v) is 7.50. The van der Waals surface area contributed by atoms with Crippen molar-refractivity contribution in [2.75, 3.05) is 26.2 Å². The minimum Gasteiger partial charge on any atom is -0.478 e. The number of carboxylic acids is 1. The van der Waals surface area contributed by atoms with Gasteiger partial charge in [0, 0.05) is 45.0 Å². The maximum Gasteiger partial charge on any atom is 0.337 e. The monoisotopic (exact) mass is 315 g/mol. The fourth-order valence-electron chi connectivity index (χ4n) is 2.25. The molecule has 2 heterocycles. The molecule has 23 heavy (non-hydrogen) atoms. The molecule has 0 saturated carbocycles. The van der Waals surface area contributed by atoms with E-state index in [4.69, 9.17) is 5.11 Å². The van der Waals surface area contributed by atoms with Gasteiger partial charge in [0.2, 0.25) is 5.78 Å². The van der Waals surface area contributed by atoms with Crippen LogP contribution < -0.4 is 10.6 Å². The summed E-state index contributed by atoms with van der Waals surface area (Å²) in [6, 6.07) is 10.2. The summed E-state index contributed by atoms with van der Waals surface area (Å²) in [6.07, 6.45) is 1.43. The van der Waals surface area contributed by atoms with Crippen molar-refractivity contribution in [2.24, 2.45) is 7.05 Å². The van der Waals surface area contributed by atoms with E-state index in [0.29, 0.717) is 11.3 Å². The summed E-state index contributed by atoms with van der Waals surface area (Å²) in [7, 11) is 1.66. The van der Waals surface area contributed by atoms with Crippen molar-refractivity contribution in [1.29, 1.82) is 0 Å². The maximum absolute atomic E-state index is 12.1. The van der Waals surface area contributed by atoms with E-state index in [0.717, 1.165) is 26.2 Å². The minimum absolute atomic E-state index is 0.117. The van der Waals surface area contributed by atoms with E-state index in [1.165, 1.54) is 16.8 Å². The molecule has 0 spiro atoms. The number of aryl methyl sites for hydroxylation is 1. The maximum atomic E-state index is 12.1. The second-order valence-electron chi connectivity index (χ2n) is 5.23. The molecule has 6 heteroatoms. The van der Waals surface area contributed by atoms with Crippen molar-refractivity contribution in [2.45, 2.75) is 0 Å². The summed E-state index contributed by atoms with van der Waals surface area (Å²) in [4.78, 5) is 22.9. The van der Waals surface area contributed by atoms with Crippen LogP contribution in [0.3, 0.4) is 0 Å². The zero-order chi connectivity index (χ0) is 16.7. The van der Waals surface area contributed by atoms with Gasteiger partial charge in [-0.05, 0) is 6.07 Å². The predicted molar refractivity (Wildman–Crippen MR) is 88.0 cm³/mol. The van der Waals surface area contributed by atoms with E-state index in [1.54, 1.807) is 31.3 Å². The molecule has 0 unspecified atom stereocenters. The van der Waals surface area contributed by atoms with Crippen LogP contribution in [0.15, 0.2) is 42.6 Å². The van der Waals surface area contributed by atoms with Gasteiger partial charge in [-0.15, -0.1) is 0 Å². The van der Waals surface area contributed by atoms with Gasteiger partial charge < -0.3 is 20.3 Å².